The lowest BCUT2D eigenvalue weighted by Crippen LogP contribution is -2.44. The molecule has 26 heavy (non-hydrogen) atoms. The lowest BCUT2D eigenvalue weighted by atomic mass is 9.78. The third-order valence-electron chi connectivity index (χ3n) is 5.91. The summed E-state index contributed by atoms with van der Waals surface area (Å²) in [6.45, 7) is 10.9. The van der Waals surface area contributed by atoms with Crippen molar-refractivity contribution in [2.75, 3.05) is 59.2 Å². The molecule has 2 fully saturated rings. The van der Waals surface area contributed by atoms with Gasteiger partial charge in [0.05, 0.1) is 13.2 Å². The Morgan fingerprint density at radius 1 is 1.19 bits per heavy atom. The number of morpholine rings is 1. The zero-order chi connectivity index (χ0) is 18.2. The lowest BCUT2D eigenvalue weighted by molar-refractivity contribution is 0.0257. The van der Waals surface area contributed by atoms with Gasteiger partial charge in [-0.1, -0.05) is 19.1 Å². The van der Waals surface area contributed by atoms with E-state index in [-0.39, 0.29) is 5.41 Å². The molecule has 1 aromatic carbocycles. The van der Waals surface area contributed by atoms with E-state index in [4.69, 9.17) is 9.47 Å². The van der Waals surface area contributed by atoms with Crippen molar-refractivity contribution in [3.05, 3.63) is 29.8 Å². The summed E-state index contributed by atoms with van der Waals surface area (Å²) in [7, 11) is 0. The fraction of sp³-hybridized carbons (Fsp3) is 0.714. The number of nitrogens with zero attached hydrogens (tertiary/aromatic N) is 2. The molecule has 146 valence electrons. The van der Waals surface area contributed by atoms with Crippen LogP contribution >= 0.6 is 0 Å². The molecule has 1 N–H and O–H groups in total. The Balaban J connectivity index is 1.49. The van der Waals surface area contributed by atoms with Gasteiger partial charge in [-0.15, -0.1) is 0 Å². The van der Waals surface area contributed by atoms with Crippen molar-refractivity contribution < 1.29 is 14.6 Å². The Morgan fingerprint density at radius 2 is 2.04 bits per heavy atom. The predicted molar refractivity (Wildman–Crippen MR) is 104 cm³/mol. The number of piperidine rings is 1. The average molecular weight is 363 g/mol. The number of rotatable bonds is 8. The normalized spacial score (nSPS) is 25.3. The number of aliphatic hydroxyl groups is 1. The van der Waals surface area contributed by atoms with Gasteiger partial charge in [-0.05, 0) is 43.5 Å². The van der Waals surface area contributed by atoms with Crippen LogP contribution in [0.3, 0.4) is 0 Å². The molecule has 1 atom stereocenters. The van der Waals surface area contributed by atoms with Crippen molar-refractivity contribution in [3.63, 3.8) is 0 Å². The van der Waals surface area contributed by atoms with Crippen LogP contribution in [0.5, 0.6) is 5.75 Å². The monoisotopic (exact) mass is 362 g/mol. The van der Waals surface area contributed by atoms with Crippen molar-refractivity contribution in [1.29, 1.82) is 0 Å². The highest BCUT2D eigenvalue weighted by Gasteiger charge is 2.33. The molecule has 2 aliphatic rings. The summed E-state index contributed by atoms with van der Waals surface area (Å²) in [5.74, 6) is 0.955. The van der Waals surface area contributed by atoms with Crippen LogP contribution in [0.15, 0.2) is 24.3 Å². The van der Waals surface area contributed by atoms with Gasteiger partial charge in [-0.2, -0.15) is 0 Å². The van der Waals surface area contributed by atoms with Crippen molar-refractivity contribution in [3.8, 4) is 5.75 Å². The minimum atomic E-state index is 0.0878. The first kappa shape index (κ1) is 19.6. The van der Waals surface area contributed by atoms with Gasteiger partial charge in [0.2, 0.25) is 0 Å². The summed E-state index contributed by atoms with van der Waals surface area (Å²) in [5.41, 5.74) is 1.38. The smallest absolute Gasteiger partial charge is 0.119 e. The van der Waals surface area contributed by atoms with E-state index < -0.39 is 0 Å². The molecule has 2 saturated heterocycles. The van der Waals surface area contributed by atoms with Crippen LogP contribution in [0.2, 0.25) is 0 Å². The van der Waals surface area contributed by atoms with E-state index in [0.29, 0.717) is 6.61 Å². The summed E-state index contributed by atoms with van der Waals surface area (Å²) >= 11 is 0. The van der Waals surface area contributed by atoms with Crippen molar-refractivity contribution in [1.82, 2.24) is 9.80 Å². The van der Waals surface area contributed by atoms with E-state index in [2.05, 4.69) is 34.9 Å². The predicted octanol–water partition coefficient (Wildman–Crippen LogP) is 2.38. The maximum absolute atomic E-state index is 9.82. The van der Waals surface area contributed by atoms with E-state index in [1.807, 2.05) is 6.07 Å². The van der Waals surface area contributed by atoms with Crippen molar-refractivity contribution in [2.45, 2.75) is 32.7 Å². The second kappa shape index (κ2) is 9.70. The Labute approximate surface area is 157 Å². The number of likely N-dealkylation sites (tertiary alicyclic amines) is 1. The first-order valence-corrected chi connectivity index (χ1v) is 10.1. The molecule has 5 heteroatoms. The van der Waals surface area contributed by atoms with Crippen LogP contribution in [-0.4, -0.2) is 74.1 Å². The van der Waals surface area contributed by atoms with Crippen LogP contribution < -0.4 is 4.74 Å². The fourth-order valence-electron chi connectivity index (χ4n) is 4.08. The Kier molecular flexibility index (Phi) is 7.32. The molecule has 0 aliphatic carbocycles. The summed E-state index contributed by atoms with van der Waals surface area (Å²) in [6, 6.07) is 8.47. The molecule has 0 amide bonds. The van der Waals surface area contributed by atoms with E-state index in [1.54, 1.807) is 0 Å². The van der Waals surface area contributed by atoms with Gasteiger partial charge in [0.1, 0.15) is 12.4 Å². The standard InChI is InChI=1S/C21H34N2O3/c1-2-21(18-24)7-4-8-23(17-21)16-19-5-3-6-20(15-19)26-14-11-22-9-12-25-13-10-22/h3,5-6,15,24H,2,4,7-14,16-18H2,1H3/t21-/m1/s1. The van der Waals surface area contributed by atoms with Crippen molar-refractivity contribution in [2.24, 2.45) is 5.41 Å². The number of hydrogen-bond donors (Lipinski definition) is 1. The first-order chi connectivity index (χ1) is 12.7. The molecule has 3 rings (SSSR count). The van der Waals surface area contributed by atoms with Crippen LogP contribution in [0, 0.1) is 5.41 Å². The zero-order valence-electron chi connectivity index (χ0n) is 16.2. The highest BCUT2D eigenvalue weighted by Crippen LogP contribution is 2.33. The molecular formula is C21H34N2O3. The Bertz CT molecular complexity index is 542. The molecule has 1 aromatic rings. The van der Waals surface area contributed by atoms with Crippen LogP contribution in [-0.2, 0) is 11.3 Å². The number of ether oxygens (including phenoxy) is 2. The maximum Gasteiger partial charge on any atom is 0.119 e. The molecule has 0 radical (unpaired) electrons. The summed E-state index contributed by atoms with van der Waals surface area (Å²) in [4.78, 5) is 4.87. The van der Waals surface area contributed by atoms with Crippen molar-refractivity contribution >= 4 is 0 Å². The molecular weight excluding hydrogens is 328 g/mol. The quantitative estimate of drug-likeness (QED) is 0.769. The number of aliphatic hydroxyl groups excluding tert-OH is 1. The minimum Gasteiger partial charge on any atom is -0.492 e. The van der Waals surface area contributed by atoms with Crippen LogP contribution in [0.25, 0.3) is 0 Å². The van der Waals surface area contributed by atoms with Crippen LogP contribution in [0.1, 0.15) is 31.7 Å². The van der Waals surface area contributed by atoms with Gasteiger partial charge in [-0.25, -0.2) is 0 Å². The molecule has 0 aromatic heterocycles. The molecule has 0 bridgehead atoms. The number of benzene rings is 1. The fourth-order valence-corrected chi connectivity index (χ4v) is 4.08. The lowest BCUT2D eigenvalue weighted by Gasteiger charge is -2.41. The first-order valence-electron chi connectivity index (χ1n) is 10.1. The summed E-state index contributed by atoms with van der Waals surface area (Å²) in [6.07, 6.45) is 3.36. The van der Waals surface area contributed by atoms with Gasteiger partial charge < -0.3 is 14.6 Å². The Hall–Kier alpha value is -1.14. The SMILES string of the molecule is CC[C@@]1(CO)CCCN(Cc2cccc(OCCN3CCOCC3)c2)C1. The summed E-state index contributed by atoms with van der Waals surface area (Å²) < 4.78 is 11.4. The third kappa shape index (κ3) is 5.43. The average Bonchev–Trinajstić information content (AvgIpc) is 2.69. The molecule has 2 heterocycles. The van der Waals surface area contributed by atoms with Gasteiger partial charge in [-0.3, -0.25) is 9.80 Å². The van der Waals surface area contributed by atoms with Crippen LogP contribution in [0.4, 0.5) is 0 Å². The second-order valence-electron chi connectivity index (χ2n) is 7.78. The third-order valence-corrected chi connectivity index (χ3v) is 5.91. The molecule has 5 nitrogen and oxygen atoms in total. The van der Waals surface area contributed by atoms with E-state index in [1.165, 1.54) is 12.0 Å². The Morgan fingerprint density at radius 3 is 2.81 bits per heavy atom. The second-order valence-corrected chi connectivity index (χ2v) is 7.78. The zero-order valence-corrected chi connectivity index (χ0v) is 16.2. The number of hydrogen-bond acceptors (Lipinski definition) is 5. The van der Waals surface area contributed by atoms with E-state index in [9.17, 15) is 5.11 Å². The topological polar surface area (TPSA) is 45.2 Å². The molecule has 0 saturated carbocycles. The molecule has 2 aliphatic heterocycles. The molecule has 0 unspecified atom stereocenters. The van der Waals surface area contributed by atoms with Gasteiger partial charge in [0.25, 0.3) is 0 Å². The summed E-state index contributed by atoms with van der Waals surface area (Å²) in [5, 5.41) is 9.82. The molecule has 0 spiro atoms. The maximum atomic E-state index is 9.82. The largest absolute Gasteiger partial charge is 0.492 e. The minimum absolute atomic E-state index is 0.0878. The van der Waals surface area contributed by atoms with E-state index in [0.717, 1.165) is 77.7 Å². The van der Waals surface area contributed by atoms with Gasteiger partial charge >= 0.3 is 0 Å². The highest BCUT2D eigenvalue weighted by molar-refractivity contribution is 5.28. The van der Waals surface area contributed by atoms with Gasteiger partial charge in [0.15, 0.2) is 0 Å². The highest BCUT2D eigenvalue weighted by atomic mass is 16.5. The van der Waals surface area contributed by atoms with E-state index >= 15 is 0 Å². The van der Waals surface area contributed by atoms with Gasteiger partial charge in [0, 0.05) is 44.7 Å².